The molecular formula is C18H40N4Si2. The molecule has 140 valence electrons. The maximum Gasteiger partial charge on any atom is 0.257 e. The van der Waals surface area contributed by atoms with Crippen molar-refractivity contribution in [1.82, 2.24) is 9.13 Å². The van der Waals surface area contributed by atoms with Crippen molar-refractivity contribution in [2.75, 3.05) is 13.1 Å². The average Bonchev–Trinajstić information content (AvgIpc) is 2.54. The van der Waals surface area contributed by atoms with Crippen LogP contribution in [-0.4, -0.2) is 51.1 Å². The molecule has 0 aliphatic carbocycles. The zero-order chi connectivity index (χ0) is 19.6. The Hall–Kier alpha value is -0.766. The lowest BCUT2D eigenvalue weighted by atomic mass is 10.4. The van der Waals surface area contributed by atoms with Crippen molar-refractivity contribution < 1.29 is 0 Å². The quantitative estimate of drug-likeness (QED) is 0.582. The molecule has 4 N–H and O–H groups in total. The van der Waals surface area contributed by atoms with Crippen molar-refractivity contribution in [2.24, 2.45) is 10.8 Å². The van der Waals surface area contributed by atoms with Gasteiger partial charge in [-0.1, -0.05) is 64.3 Å². The third-order valence-electron chi connectivity index (χ3n) is 4.16. The maximum absolute atomic E-state index is 5.40. The smallest absolute Gasteiger partial charge is 0.257 e. The minimum atomic E-state index is -2.12. The Morgan fingerprint density at radius 2 is 1.04 bits per heavy atom. The van der Waals surface area contributed by atoms with E-state index in [-0.39, 0.29) is 0 Å². The van der Waals surface area contributed by atoms with Crippen molar-refractivity contribution in [1.29, 1.82) is 0 Å². The van der Waals surface area contributed by atoms with E-state index in [1.54, 1.807) is 11.4 Å². The molecule has 24 heavy (non-hydrogen) atoms. The molecule has 0 aliphatic rings. The summed E-state index contributed by atoms with van der Waals surface area (Å²) in [4.78, 5) is 0. The van der Waals surface area contributed by atoms with Crippen LogP contribution in [0, 0.1) is 0 Å². The summed E-state index contributed by atoms with van der Waals surface area (Å²) < 4.78 is 5.13. The van der Waals surface area contributed by atoms with Crippen LogP contribution in [-0.2, 0) is 0 Å². The average molecular weight is 369 g/mol. The molecule has 6 heteroatoms. The van der Waals surface area contributed by atoms with Gasteiger partial charge in [0.25, 0.3) is 8.40 Å². The van der Waals surface area contributed by atoms with E-state index in [0.717, 1.165) is 13.1 Å². The molecule has 0 aromatic carbocycles. The fraction of sp³-hybridized carbons (Fsp3) is 0.556. The van der Waals surface area contributed by atoms with Gasteiger partial charge in [0.05, 0.1) is 0 Å². The second kappa shape index (κ2) is 11.7. The summed E-state index contributed by atoms with van der Waals surface area (Å²) in [5, 5.41) is 10.8. The molecule has 0 rings (SSSR count). The van der Waals surface area contributed by atoms with Crippen LogP contribution in [0.1, 0.15) is 41.5 Å². The highest BCUT2D eigenvalue weighted by atomic mass is 28.4. The van der Waals surface area contributed by atoms with Crippen LogP contribution in [0.15, 0.2) is 49.1 Å². The predicted molar refractivity (Wildman–Crippen MR) is 116 cm³/mol. The van der Waals surface area contributed by atoms with Gasteiger partial charge in [0.2, 0.25) is 8.40 Å². The van der Waals surface area contributed by atoms with Crippen LogP contribution in [0.3, 0.4) is 0 Å². The number of hydrogen-bond donors (Lipinski definition) is 2. The molecule has 0 unspecified atom stereocenters. The van der Waals surface area contributed by atoms with Gasteiger partial charge in [-0.15, -0.1) is 26.3 Å². The largest absolute Gasteiger partial charge is 0.333 e. The van der Waals surface area contributed by atoms with Gasteiger partial charge in [-0.25, -0.2) is 0 Å². The summed E-state index contributed by atoms with van der Waals surface area (Å²) in [5.74, 6) is 0. The lowest BCUT2D eigenvalue weighted by Gasteiger charge is -2.48. The molecule has 0 aliphatic heterocycles. The first kappa shape index (κ1) is 25.5. The van der Waals surface area contributed by atoms with E-state index < -0.39 is 16.8 Å². The molecule has 0 radical (unpaired) electrons. The van der Waals surface area contributed by atoms with Crippen molar-refractivity contribution >= 4 is 16.8 Å². The van der Waals surface area contributed by atoms with Gasteiger partial charge in [-0.05, 0) is 25.2 Å². The molecule has 0 saturated heterocycles. The van der Waals surface area contributed by atoms with E-state index in [0.29, 0.717) is 12.1 Å². The summed E-state index contributed by atoms with van der Waals surface area (Å²) in [5.41, 5.74) is 7.46. The van der Waals surface area contributed by atoms with Gasteiger partial charge in [-0.3, -0.25) is 0 Å². The maximum atomic E-state index is 5.40. The number of nitrogens with two attached hydrogens (primary N) is 2. The van der Waals surface area contributed by atoms with Crippen molar-refractivity contribution in [3.63, 3.8) is 0 Å². The van der Waals surface area contributed by atoms with Crippen LogP contribution in [0.2, 0.25) is 0 Å². The molecule has 0 fully saturated rings. The Bertz CT molecular complexity index is 370. The highest BCUT2D eigenvalue weighted by molar-refractivity contribution is 6.84. The molecule has 0 atom stereocenters. The first-order valence-corrected chi connectivity index (χ1v) is 13.0. The van der Waals surface area contributed by atoms with Gasteiger partial charge in [0.15, 0.2) is 0 Å². The van der Waals surface area contributed by atoms with Crippen molar-refractivity contribution in [3.8, 4) is 0 Å². The minimum Gasteiger partial charge on any atom is -0.333 e. The highest BCUT2D eigenvalue weighted by Crippen LogP contribution is 2.23. The second-order valence-corrected chi connectivity index (χ2v) is 12.7. The minimum absolute atomic E-state index is 0.524. The Morgan fingerprint density at radius 1 is 0.750 bits per heavy atom. The zero-order valence-corrected chi connectivity index (χ0v) is 18.8. The molecule has 0 heterocycles. The molecule has 0 saturated carbocycles. The topological polar surface area (TPSA) is 58.5 Å². The highest BCUT2D eigenvalue weighted by Gasteiger charge is 2.41. The Morgan fingerprint density at radius 3 is 1.12 bits per heavy atom. The summed E-state index contributed by atoms with van der Waals surface area (Å²) in [6.45, 7) is 30.7. The van der Waals surface area contributed by atoms with Crippen LogP contribution in [0.4, 0.5) is 0 Å². The van der Waals surface area contributed by atoms with Crippen LogP contribution in [0.25, 0.3) is 0 Å². The van der Waals surface area contributed by atoms with E-state index in [9.17, 15) is 0 Å². The first-order chi connectivity index (χ1) is 11.0. The van der Waals surface area contributed by atoms with Gasteiger partial charge in [-0.2, -0.15) is 0 Å². The Kier molecular flexibility index (Phi) is 12.5. The zero-order valence-electron chi connectivity index (χ0n) is 16.8. The Labute approximate surface area is 152 Å². The fourth-order valence-electron chi connectivity index (χ4n) is 2.86. The normalized spacial score (nSPS) is 12.2. The van der Waals surface area contributed by atoms with E-state index in [1.807, 2.05) is 0 Å². The van der Waals surface area contributed by atoms with Crippen LogP contribution < -0.4 is 10.8 Å². The van der Waals surface area contributed by atoms with Crippen LogP contribution >= 0.6 is 0 Å². The van der Waals surface area contributed by atoms with Crippen LogP contribution in [0.5, 0.6) is 0 Å². The lowest BCUT2D eigenvalue weighted by Crippen LogP contribution is -2.67. The lowest BCUT2D eigenvalue weighted by molar-refractivity contribution is 0.284. The SMILES string of the molecule is C=C[Si](C=C)(N(CC)C(C)C)N(CC)C(C)C.C=C[Si](N)(N)C=C. The van der Waals surface area contributed by atoms with Gasteiger partial charge >= 0.3 is 0 Å². The number of hydrogen-bond acceptors (Lipinski definition) is 4. The molecule has 0 aromatic heterocycles. The molecular weight excluding hydrogens is 328 g/mol. The third-order valence-corrected chi connectivity index (χ3v) is 10.3. The molecule has 0 spiro atoms. The van der Waals surface area contributed by atoms with Gasteiger partial charge in [0.1, 0.15) is 0 Å². The summed E-state index contributed by atoms with van der Waals surface area (Å²) in [7, 11) is -4.06. The van der Waals surface area contributed by atoms with E-state index in [1.165, 1.54) is 0 Å². The molecule has 0 amide bonds. The number of rotatable bonds is 10. The van der Waals surface area contributed by atoms with E-state index in [4.69, 9.17) is 10.8 Å². The van der Waals surface area contributed by atoms with Gasteiger partial charge < -0.3 is 19.9 Å². The molecule has 4 nitrogen and oxygen atoms in total. The molecule has 0 aromatic rings. The Balaban J connectivity index is 0. The monoisotopic (exact) mass is 368 g/mol. The standard InChI is InChI=1S/C14H30N2Si.C4H10N2Si/c1-9-15(13(5)6)17(11-3,12-4)16(10-2)14(7)8;1-3-7(5,6)4-2/h11-14H,3-4,9-10H2,1-2,5-8H3;3-4H,1-2,5-6H2. The first-order valence-electron chi connectivity index (χ1n) is 8.68. The van der Waals surface area contributed by atoms with E-state index >= 15 is 0 Å². The number of nitrogens with zero attached hydrogens (tertiary/aromatic N) is 2. The second-order valence-electron chi connectivity index (χ2n) is 6.36. The van der Waals surface area contributed by atoms with E-state index in [2.05, 4.69) is 88.4 Å². The summed E-state index contributed by atoms with van der Waals surface area (Å²) >= 11 is 0. The van der Waals surface area contributed by atoms with Crippen molar-refractivity contribution in [2.45, 2.75) is 53.6 Å². The summed E-state index contributed by atoms with van der Waals surface area (Å²) in [6.07, 6.45) is 0. The fourth-order valence-corrected chi connectivity index (χ4v) is 7.13. The molecule has 0 bridgehead atoms. The third kappa shape index (κ3) is 7.00. The van der Waals surface area contributed by atoms with Crippen molar-refractivity contribution in [3.05, 3.63) is 49.1 Å². The predicted octanol–water partition coefficient (Wildman–Crippen LogP) is 3.14. The summed E-state index contributed by atoms with van der Waals surface area (Å²) in [6, 6.07) is 1.05. The van der Waals surface area contributed by atoms with Gasteiger partial charge in [0, 0.05) is 0 Å².